The van der Waals surface area contributed by atoms with Crippen LogP contribution < -0.4 is 5.32 Å². The predicted octanol–water partition coefficient (Wildman–Crippen LogP) is 1.42. The zero-order chi connectivity index (χ0) is 12.8. The number of benzene rings is 1. The summed E-state index contributed by atoms with van der Waals surface area (Å²) in [6, 6.07) is 6.06. The Hall–Kier alpha value is -1.84. The number of carbonyl (C=O) groups is 2. The van der Waals surface area contributed by atoms with Gasteiger partial charge in [0.15, 0.2) is 5.78 Å². The monoisotopic (exact) mass is 235 g/mol. The van der Waals surface area contributed by atoms with Crippen molar-refractivity contribution in [3.63, 3.8) is 0 Å². The van der Waals surface area contributed by atoms with Crippen LogP contribution in [0.1, 0.15) is 25.8 Å². The molecule has 0 aliphatic heterocycles. The smallest absolute Gasteiger partial charge is 0.224 e. The van der Waals surface area contributed by atoms with E-state index in [0.29, 0.717) is 6.42 Å². The molecule has 0 heterocycles. The first-order valence-electron chi connectivity index (χ1n) is 5.63. The molecule has 1 atom stereocenters. The Bertz CT molecular complexity index is 415. The van der Waals surface area contributed by atoms with Gasteiger partial charge >= 0.3 is 0 Å². The number of aromatic hydroxyl groups is 1. The van der Waals surface area contributed by atoms with E-state index in [1.807, 2.05) is 0 Å². The van der Waals surface area contributed by atoms with Crippen LogP contribution in [0.4, 0.5) is 0 Å². The number of amides is 1. The average Bonchev–Trinajstić information content (AvgIpc) is 2.27. The third kappa shape index (κ3) is 4.26. The second-order valence-corrected chi connectivity index (χ2v) is 3.96. The van der Waals surface area contributed by atoms with E-state index in [1.54, 1.807) is 32.0 Å². The number of hydrogen-bond acceptors (Lipinski definition) is 3. The van der Waals surface area contributed by atoms with Crippen molar-refractivity contribution in [2.45, 2.75) is 32.7 Å². The summed E-state index contributed by atoms with van der Waals surface area (Å²) in [5.74, 6) is -0.0767. The summed E-state index contributed by atoms with van der Waals surface area (Å²) in [4.78, 5) is 22.9. The summed E-state index contributed by atoms with van der Waals surface area (Å²) in [5.41, 5.74) is 0.721. The fraction of sp³-hybridized carbons (Fsp3) is 0.385. The summed E-state index contributed by atoms with van der Waals surface area (Å²) in [7, 11) is 0. The van der Waals surface area contributed by atoms with Crippen molar-refractivity contribution in [2.24, 2.45) is 0 Å². The molecule has 0 bridgehead atoms. The zero-order valence-corrected chi connectivity index (χ0v) is 10.1. The second kappa shape index (κ2) is 6.03. The van der Waals surface area contributed by atoms with Crippen molar-refractivity contribution in [2.75, 3.05) is 0 Å². The van der Waals surface area contributed by atoms with E-state index in [2.05, 4.69) is 5.32 Å². The Kier molecular flexibility index (Phi) is 4.69. The van der Waals surface area contributed by atoms with Gasteiger partial charge in [-0.25, -0.2) is 0 Å². The van der Waals surface area contributed by atoms with E-state index in [4.69, 9.17) is 0 Å². The lowest BCUT2D eigenvalue weighted by Crippen LogP contribution is -2.39. The van der Waals surface area contributed by atoms with Crippen molar-refractivity contribution in [1.29, 1.82) is 0 Å². The largest absolute Gasteiger partial charge is 0.508 e. The number of Topliss-reactive ketones (excluding diaryl/α,β-unsaturated/α-hetero) is 1. The molecule has 0 saturated heterocycles. The molecule has 1 rings (SSSR count). The van der Waals surface area contributed by atoms with Gasteiger partial charge in [-0.3, -0.25) is 9.59 Å². The molecule has 0 radical (unpaired) electrons. The predicted molar refractivity (Wildman–Crippen MR) is 64.7 cm³/mol. The first-order valence-corrected chi connectivity index (χ1v) is 5.63. The van der Waals surface area contributed by atoms with Gasteiger partial charge in [0, 0.05) is 6.42 Å². The number of rotatable bonds is 5. The molecule has 1 aromatic rings. The zero-order valence-electron chi connectivity index (χ0n) is 10.1. The Morgan fingerprint density at radius 3 is 2.71 bits per heavy atom. The number of hydrogen-bond donors (Lipinski definition) is 2. The van der Waals surface area contributed by atoms with Crippen molar-refractivity contribution in [1.82, 2.24) is 5.32 Å². The molecule has 92 valence electrons. The van der Waals surface area contributed by atoms with Gasteiger partial charge in [0.05, 0.1) is 12.5 Å². The fourth-order valence-corrected chi connectivity index (χ4v) is 1.53. The number of phenols is 1. The summed E-state index contributed by atoms with van der Waals surface area (Å²) < 4.78 is 0. The van der Waals surface area contributed by atoms with E-state index in [0.717, 1.165) is 5.56 Å². The van der Waals surface area contributed by atoms with Crippen LogP contribution in [-0.4, -0.2) is 22.8 Å². The minimum Gasteiger partial charge on any atom is -0.508 e. The highest BCUT2D eigenvalue weighted by Crippen LogP contribution is 2.11. The highest BCUT2D eigenvalue weighted by Gasteiger charge is 2.13. The van der Waals surface area contributed by atoms with Gasteiger partial charge in [0.2, 0.25) is 5.91 Å². The summed E-state index contributed by atoms with van der Waals surface area (Å²) in [6.45, 7) is 3.44. The third-order valence-electron chi connectivity index (χ3n) is 2.48. The Morgan fingerprint density at radius 1 is 1.41 bits per heavy atom. The minimum absolute atomic E-state index is 0.00857. The number of phenolic OH excluding ortho intramolecular Hbond substituents is 1. The van der Waals surface area contributed by atoms with Crippen LogP contribution in [0.2, 0.25) is 0 Å². The minimum atomic E-state index is -0.454. The van der Waals surface area contributed by atoms with Gasteiger partial charge in [-0.2, -0.15) is 0 Å². The first-order chi connectivity index (χ1) is 8.02. The van der Waals surface area contributed by atoms with Crippen LogP contribution in [0.15, 0.2) is 24.3 Å². The maximum absolute atomic E-state index is 11.6. The van der Waals surface area contributed by atoms with Crippen LogP contribution in [-0.2, 0) is 16.0 Å². The van der Waals surface area contributed by atoms with Crippen molar-refractivity contribution in [3.8, 4) is 5.75 Å². The quantitative estimate of drug-likeness (QED) is 0.811. The molecule has 4 heteroatoms. The molecule has 1 aromatic carbocycles. The highest BCUT2D eigenvalue weighted by atomic mass is 16.3. The maximum atomic E-state index is 11.6. The van der Waals surface area contributed by atoms with E-state index < -0.39 is 6.04 Å². The summed E-state index contributed by atoms with van der Waals surface area (Å²) >= 11 is 0. The number of ketones is 1. The average molecular weight is 235 g/mol. The molecule has 0 fully saturated rings. The summed E-state index contributed by atoms with van der Waals surface area (Å²) in [6.07, 6.45) is 0.573. The highest BCUT2D eigenvalue weighted by molar-refractivity contribution is 5.89. The Morgan fingerprint density at radius 2 is 2.12 bits per heavy atom. The van der Waals surface area contributed by atoms with Gasteiger partial charge < -0.3 is 10.4 Å². The van der Waals surface area contributed by atoms with Gasteiger partial charge in [0.25, 0.3) is 0 Å². The second-order valence-electron chi connectivity index (χ2n) is 3.96. The van der Waals surface area contributed by atoms with Crippen LogP contribution in [0.3, 0.4) is 0 Å². The maximum Gasteiger partial charge on any atom is 0.224 e. The van der Waals surface area contributed by atoms with Crippen molar-refractivity contribution < 1.29 is 14.7 Å². The summed E-state index contributed by atoms with van der Waals surface area (Å²) in [5, 5.41) is 11.9. The van der Waals surface area contributed by atoms with Crippen LogP contribution >= 0.6 is 0 Å². The molecule has 0 aliphatic rings. The lowest BCUT2D eigenvalue weighted by atomic mass is 10.1. The van der Waals surface area contributed by atoms with E-state index in [9.17, 15) is 14.7 Å². The number of nitrogens with one attached hydrogen (secondary N) is 1. The molecule has 17 heavy (non-hydrogen) atoms. The molecule has 0 aliphatic carbocycles. The van der Waals surface area contributed by atoms with Crippen LogP contribution in [0, 0.1) is 0 Å². The Labute approximate surface area is 101 Å². The molecule has 2 N–H and O–H groups in total. The first kappa shape index (κ1) is 13.2. The van der Waals surface area contributed by atoms with Gasteiger partial charge in [-0.05, 0) is 24.6 Å². The third-order valence-corrected chi connectivity index (χ3v) is 2.48. The van der Waals surface area contributed by atoms with Crippen molar-refractivity contribution >= 4 is 11.7 Å². The fourth-order valence-electron chi connectivity index (χ4n) is 1.53. The molecule has 0 spiro atoms. The lowest BCUT2D eigenvalue weighted by Gasteiger charge is -2.11. The molecule has 0 aromatic heterocycles. The Balaban J connectivity index is 2.53. The standard InChI is InChI=1S/C13H17NO3/c1-3-12(16)9(2)14-13(17)8-10-5-4-6-11(15)7-10/h4-7,9,15H,3,8H2,1-2H3,(H,14,17). The molecule has 1 amide bonds. The molecule has 0 saturated carbocycles. The van der Waals surface area contributed by atoms with Crippen LogP contribution in [0.5, 0.6) is 5.75 Å². The molecular weight excluding hydrogens is 218 g/mol. The van der Waals surface area contributed by atoms with Crippen molar-refractivity contribution in [3.05, 3.63) is 29.8 Å². The molecule has 4 nitrogen and oxygen atoms in total. The van der Waals surface area contributed by atoms with Gasteiger partial charge in [-0.15, -0.1) is 0 Å². The normalized spacial score (nSPS) is 11.9. The van der Waals surface area contributed by atoms with Gasteiger partial charge in [-0.1, -0.05) is 19.1 Å². The SMILES string of the molecule is CCC(=O)C(C)NC(=O)Cc1cccc(O)c1. The molecule has 1 unspecified atom stereocenters. The topological polar surface area (TPSA) is 66.4 Å². The number of carbonyl (C=O) groups excluding carboxylic acids is 2. The van der Waals surface area contributed by atoms with Gasteiger partial charge in [0.1, 0.15) is 5.75 Å². The van der Waals surface area contributed by atoms with E-state index >= 15 is 0 Å². The van der Waals surface area contributed by atoms with E-state index in [-0.39, 0.29) is 23.9 Å². The molecular formula is C13H17NO3. The van der Waals surface area contributed by atoms with E-state index in [1.165, 1.54) is 6.07 Å². The van der Waals surface area contributed by atoms with Crippen LogP contribution in [0.25, 0.3) is 0 Å². The lowest BCUT2D eigenvalue weighted by molar-refractivity contribution is -0.126.